The van der Waals surface area contributed by atoms with E-state index in [0.29, 0.717) is 4.90 Å². The summed E-state index contributed by atoms with van der Waals surface area (Å²) < 4.78 is 9.45. The maximum Gasteiger partial charge on any atom is 0.424 e. The van der Waals surface area contributed by atoms with Gasteiger partial charge in [0.1, 0.15) is 13.1 Å². The molecule has 2 unspecified atom stereocenters. The molecule has 2 bridgehead atoms. The standard InChI is InChI=1S/C16H18N2O15/c19-8(20)5-17-1-2-18(6-9(21)22)16(13(26)27)30-10(23)3-15(29,14(28)31-16)4-11(24)32-33-12(25)7-17/h29H,1-7H2,(H,19,20)(H,21,22)(H,26,27). The maximum absolute atomic E-state index is 12.5. The van der Waals surface area contributed by atoms with Crippen molar-refractivity contribution in [1.29, 1.82) is 0 Å². The van der Waals surface area contributed by atoms with Crippen molar-refractivity contribution < 1.29 is 73.2 Å². The smallest absolute Gasteiger partial charge is 0.424 e. The third-order valence-corrected chi connectivity index (χ3v) is 4.37. The molecule has 0 aromatic carbocycles. The van der Waals surface area contributed by atoms with Crippen LogP contribution in [0.4, 0.5) is 0 Å². The van der Waals surface area contributed by atoms with Crippen molar-refractivity contribution >= 4 is 41.8 Å². The van der Waals surface area contributed by atoms with Crippen molar-refractivity contribution in [2.45, 2.75) is 24.4 Å². The lowest BCUT2D eigenvalue weighted by Crippen LogP contribution is -2.62. The van der Waals surface area contributed by atoms with E-state index in [4.69, 9.17) is 14.6 Å². The van der Waals surface area contributed by atoms with Crippen LogP contribution in [0, 0.1) is 0 Å². The van der Waals surface area contributed by atoms with Gasteiger partial charge in [0, 0.05) is 13.1 Å². The van der Waals surface area contributed by atoms with Crippen molar-refractivity contribution in [2.24, 2.45) is 0 Å². The van der Waals surface area contributed by atoms with Crippen molar-refractivity contribution in [1.82, 2.24) is 9.80 Å². The van der Waals surface area contributed by atoms with E-state index in [-0.39, 0.29) is 0 Å². The molecule has 0 aromatic heterocycles. The third kappa shape index (κ3) is 6.11. The molecule has 0 amide bonds. The molecule has 2 atom stereocenters. The second kappa shape index (κ2) is 9.76. The van der Waals surface area contributed by atoms with Crippen LogP contribution in [-0.4, -0.2) is 116 Å². The molecule has 33 heavy (non-hydrogen) atoms. The first-order valence-corrected chi connectivity index (χ1v) is 8.99. The van der Waals surface area contributed by atoms with Gasteiger partial charge in [-0.1, -0.05) is 0 Å². The lowest BCUT2D eigenvalue weighted by molar-refractivity contribution is -0.284. The minimum atomic E-state index is -3.40. The summed E-state index contributed by atoms with van der Waals surface area (Å²) in [6.45, 7) is -4.15. The van der Waals surface area contributed by atoms with E-state index in [9.17, 15) is 48.9 Å². The van der Waals surface area contributed by atoms with Gasteiger partial charge in [0.2, 0.25) is 0 Å². The molecular weight excluding hydrogens is 460 g/mol. The molecule has 4 N–H and O–H groups in total. The Morgan fingerprint density at radius 3 is 1.97 bits per heavy atom. The van der Waals surface area contributed by atoms with Crippen LogP contribution in [0.1, 0.15) is 12.8 Å². The zero-order valence-electron chi connectivity index (χ0n) is 16.6. The van der Waals surface area contributed by atoms with E-state index in [1.54, 1.807) is 0 Å². The van der Waals surface area contributed by atoms with Crippen LogP contribution in [0.2, 0.25) is 0 Å². The van der Waals surface area contributed by atoms with Crippen LogP contribution >= 0.6 is 0 Å². The monoisotopic (exact) mass is 478 g/mol. The predicted octanol–water partition coefficient (Wildman–Crippen LogP) is -3.88. The Kier molecular flexibility index (Phi) is 7.52. The molecular formula is C16H18N2O15. The van der Waals surface area contributed by atoms with Gasteiger partial charge in [0.15, 0.2) is 5.60 Å². The number of hydrogen-bond acceptors (Lipinski definition) is 14. The summed E-state index contributed by atoms with van der Waals surface area (Å²) in [6.07, 6.45) is -2.64. The van der Waals surface area contributed by atoms with Crippen molar-refractivity contribution in [3.63, 3.8) is 0 Å². The highest BCUT2D eigenvalue weighted by atomic mass is 17.2. The number of carbonyl (C=O) groups is 7. The highest BCUT2D eigenvalue weighted by Crippen LogP contribution is 2.31. The normalized spacial score (nSPS) is 27.9. The molecule has 2 heterocycles. The molecule has 17 heteroatoms. The van der Waals surface area contributed by atoms with Crippen LogP contribution in [0.5, 0.6) is 0 Å². The number of esters is 2. The Hall–Kier alpha value is -3.83. The second-order valence-electron chi connectivity index (χ2n) is 6.97. The number of nitrogens with zero attached hydrogens (tertiary/aromatic N) is 2. The molecule has 0 aromatic rings. The second-order valence-corrected chi connectivity index (χ2v) is 6.97. The van der Waals surface area contributed by atoms with Crippen LogP contribution in [-0.2, 0) is 52.8 Å². The average molecular weight is 478 g/mol. The Labute approximate surface area is 182 Å². The van der Waals surface area contributed by atoms with Crippen molar-refractivity contribution in [3.8, 4) is 0 Å². The fourth-order valence-electron chi connectivity index (χ4n) is 2.96. The number of carboxylic acids is 3. The molecule has 17 nitrogen and oxygen atoms in total. The minimum absolute atomic E-state index is 0.351. The van der Waals surface area contributed by atoms with E-state index in [2.05, 4.69) is 9.78 Å². The van der Waals surface area contributed by atoms with E-state index >= 15 is 0 Å². The van der Waals surface area contributed by atoms with E-state index in [1.165, 1.54) is 0 Å². The summed E-state index contributed by atoms with van der Waals surface area (Å²) in [6, 6.07) is 0. The first-order chi connectivity index (χ1) is 15.3. The van der Waals surface area contributed by atoms with Gasteiger partial charge in [-0.05, 0) is 0 Å². The van der Waals surface area contributed by atoms with E-state index in [0.717, 1.165) is 4.90 Å². The largest absolute Gasteiger partial charge is 0.480 e. The molecule has 2 aliphatic rings. The summed E-state index contributed by atoms with van der Waals surface area (Å²) in [4.78, 5) is 92.6. The van der Waals surface area contributed by atoms with Crippen LogP contribution < -0.4 is 0 Å². The number of aliphatic hydroxyl groups is 1. The van der Waals surface area contributed by atoms with Crippen molar-refractivity contribution in [3.05, 3.63) is 0 Å². The number of carbonyl (C=O) groups excluding carboxylic acids is 4. The average Bonchev–Trinajstić information content (AvgIpc) is 2.76. The lowest BCUT2D eigenvalue weighted by atomic mass is 9.96. The van der Waals surface area contributed by atoms with E-state index in [1.807, 2.05) is 0 Å². The summed E-state index contributed by atoms with van der Waals surface area (Å²) in [5, 5.41) is 38.4. The molecule has 2 rings (SSSR count). The zero-order valence-corrected chi connectivity index (χ0v) is 16.6. The molecule has 2 aliphatic heterocycles. The first-order valence-electron chi connectivity index (χ1n) is 8.99. The van der Waals surface area contributed by atoms with Gasteiger partial charge in [-0.15, -0.1) is 0 Å². The minimum Gasteiger partial charge on any atom is -0.480 e. The van der Waals surface area contributed by atoms with Gasteiger partial charge in [-0.2, -0.15) is 0 Å². The number of carboxylic acid groups (broad SMARTS) is 3. The highest BCUT2D eigenvalue weighted by Gasteiger charge is 2.60. The van der Waals surface area contributed by atoms with Gasteiger partial charge in [0.05, 0.1) is 19.4 Å². The number of rotatable bonds is 5. The van der Waals surface area contributed by atoms with Gasteiger partial charge >= 0.3 is 47.7 Å². The summed E-state index contributed by atoms with van der Waals surface area (Å²) >= 11 is 0. The molecule has 0 spiro atoms. The summed E-state index contributed by atoms with van der Waals surface area (Å²) in [5.41, 5.74) is -3.01. The Morgan fingerprint density at radius 1 is 0.818 bits per heavy atom. The van der Waals surface area contributed by atoms with Gasteiger partial charge in [-0.3, -0.25) is 19.3 Å². The number of hydrogen-bond donors (Lipinski definition) is 4. The lowest BCUT2D eigenvalue weighted by Gasteiger charge is -2.37. The molecule has 2 fully saturated rings. The molecule has 182 valence electrons. The SMILES string of the molecule is O=C(O)CN1CCN(CC(=O)O)C2(C(=O)O)OC(=O)CC(O)(CC(=O)OOC(=O)C1)C(=O)O2. The molecule has 0 radical (unpaired) electrons. The third-order valence-electron chi connectivity index (χ3n) is 4.37. The fourth-order valence-corrected chi connectivity index (χ4v) is 2.96. The predicted molar refractivity (Wildman–Crippen MR) is 92.2 cm³/mol. The molecule has 0 aliphatic carbocycles. The Morgan fingerprint density at radius 2 is 1.39 bits per heavy atom. The van der Waals surface area contributed by atoms with Crippen LogP contribution in [0.3, 0.4) is 0 Å². The number of fused-ring (bicyclic) bond motifs is 3. The number of aliphatic carboxylic acids is 3. The quantitative estimate of drug-likeness (QED) is 0.218. The topological polar surface area (TPSA) is 244 Å². The van der Waals surface area contributed by atoms with Gasteiger partial charge < -0.3 is 29.9 Å². The van der Waals surface area contributed by atoms with Gasteiger partial charge in [-0.25, -0.2) is 33.9 Å². The summed E-state index contributed by atoms with van der Waals surface area (Å²) in [5.74, 6) is -15.0. The van der Waals surface area contributed by atoms with E-state index < -0.39 is 98.9 Å². The van der Waals surface area contributed by atoms with Gasteiger partial charge in [0.25, 0.3) is 0 Å². The van der Waals surface area contributed by atoms with Crippen LogP contribution in [0.15, 0.2) is 0 Å². The molecule has 2 saturated heterocycles. The maximum atomic E-state index is 12.5. The van der Waals surface area contributed by atoms with Crippen LogP contribution in [0.25, 0.3) is 0 Å². The van der Waals surface area contributed by atoms with Crippen molar-refractivity contribution in [2.75, 3.05) is 32.7 Å². The fraction of sp³-hybridized carbons (Fsp3) is 0.562. The highest BCUT2D eigenvalue weighted by molar-refractivity contribution is 5.94. The summed E-state index contributed by atoms with van der Waals surface area (Å²) in [7, 11) is 0. The Bertz CT molecular complexity index is 887. The Balaban J connectivity index is 2.58. The molecule has 0 saturated carbocycles. The zero-order chi connectivity index (χ0) is 25.0. The first kappa shape index (κ1) is 25.4. The number of ether oxygens (including phenoxy) is 2.